The molecule has 1 heterocycles. The lowest BCUT2D eigenvalue weighted by molar-refractivity contribution is -0.128. The van der Waals surface area contributed by atoms with Gasteiger partial charge in [0, 0.05) is 24.0 Å². The molecule has 2 saturated carbocycles. The van der Waals surface area contributed by atoms with Crippen molar-refractivity contribution in [3.63, 3.8) is 0 Å². The molecule has 2 bridgehead atoms. The van der Waals surface area contributed by atoms with Gasteiger partial charge in [0.15, 0.2) is 5.12 Å². The van der Waals surface area contributed by atoms with Crippen LogP contribution in [0.15, 0.2) is 0 Å². The summed E-state index contributed by atoms with van der Waals surface area (Å²) in [5.74, 6) is 0.271. The van der Waals surface area contributed by atoms with Gasteiger partial charge in [-0.05, 0) is 30.6 Å². The third-order valence-electron chi connectivity index (χ3n) is 6.49. The SMILES string of the molecule is CC(=O)SC(C)CC(=O)N1C2CC3CCC2(CS1(=O)=O)C3(C)C. The van der Waals surface area contributed by atoms with Gasteiger partial charge in [0.05, 0.1) is 11.8 Å². The van der Waals surface area contributed by atoms with E-state index >= 15 is 0 Å². The molecule has 3 rings (SSSR count). The highest BCUT2D eigenvalue weighted by Crippen LogP contribution is 2.70. The summed E-state index contributed by atoms with van der Waals surface area (Å²) in [6.07, 6.45) is 2.86. The quantitative estimate of drug-likeness (QED) is 0.774. The summed E-state index contributed by atoms with van der Waals surface area (Å²) < 4.78 is 26.6. The standard InChI is InChI=1S/C16H25NO4S2/c1-10(22-11(2)18)7-14(19)17-13-8-12-5-6-16(13,15(12,3)4)9-23(17,20)21/h10,12-13H,5-9H2,1-4H3. The summed E-state index contributed by atoms with van der Waals surface area (Å²) in [5, 5.41) is -0.245. The van der Waals surface area contributed by atoms with Crippen LogP contribution in [0.2, 0.25) is 0 Å². The number of rotatable bonds is 3. The zero-order valence-electron chi connectivity index (χ0n) is 14.2. The average Bonchev–Trinajstić information content (AvgIpc) is 2.83. The summed E-state index contributed by atoms with van der Waals surface area (Å²) in [6.45, 7) is 7.60. The van der Waals surface area contributed by atoms with E-state index in [0.29, 0.717) is 5.92 Å². The number of carbonyl (C=O) groups excluding carboxylic acids is 2. The minimum absolute atomic E-state index is 0.0283. The number of nitrogens with zero attached hydrogens (tertiary/aromatic N) is 1. The third-order valence-corrected chi connectivity index (χ3v) is 9.32. The summed E-state index contributed by atoms with van der Waals surface area (Å²) in [4.78, 5) is 23.9. The van der Waals surface area contributed by atoms with Crippen LogP contribution in [0.1, 0.15) is 53.4 Å². The molecule has 1 spiro atoms. The minimum Gasteiger partial charge on any atom is -0.288 e. The van der Waals surface area contributed by atoms with Crippen LogP contribution >= 0.6 is 11.8 Å². The number of amides is 1. The molecule has 0 N–H and O–H groups in total. The zero-order valence-corrected chi connectivity index (χ0v) is 15.8. The Kier molecular flexibility index (Phi) is 3.92. The van der Waals surface area contributed by atoms with Crippen LogP contribution in [-0.2, 0) is 19.6 Å². The number of carbonyl (C=O) groups is 2. The molecular formula is C16H25NO4S2. The largest absolute Gasteiger partial charge is 0.288 e. The number of fused-ring (bicyclic) bond motifs is 1. The van der Waals surface area contributed by atoms with Crippen LogP contribution in [0.4, 0.5) is 0 Å². The summed E-state index contributed by atoms with van der Waals surface area (Å²) >= 11 is 1.10. The van der Waals surface area contributed by atoms with E-state index in [0.717, 1.165) is 31.0 Å². The van der Waals surface area contributed by atoms with Crippen molar-refractivity contribution >= 4 is 32.8 Å². The molecule has 0 aromatic heterocycles. The molecule has 1 amide bonds. The monoisotopic (exact) mass is 359 g/mol. The van der Waals surface area contributed by atoms with Crippen LogP contribution < -0.4 is 0 Å². The predicted octanol–water partition coefficient (Wildman–Crippen LogP) is 2.41. The van der Waals surface area contributed by atoms with E-state index in [1.807, 2.05) is 0 Å². The van der Waals surface area contributed by atoms with Gasteiger partial charge in [0.2, 0.25) is 15.9 Å². The first-order valence-corrected chi connectivity index (χ1v) is 10.7. The fraction of sp³-hybridized carbons (Fsp3) is 0.875. The van der Waals surface area contributed by atoms with Gasteiger partial charge in [-0.2, -0.15) is 0 Å². The molecule has 4 unspecified atom stereocenters. The van der Waals surface area contributed by atoms with Gasteiger partial charge in [0.25, 0.3) is 0 Å². The lowest BCUT2D eigenvalue weighted by Gasteiger charge is -2.37. The summed E-state index contributed by atoms with van der Waals surface area (Å²) in [6, 6.07) is -0.178. The molecule has 23 heavy (non-hydrogen) atoms. The molecule has 2 aliphatic carbocycles. The van der Waals surface area contributed by atoms with Crippen molar-refractivity contribution < 1.29 is 18.0 Å². The Morgan fingerprint density at radius 1 is 1.35 bits per heavy atom. The van der Waals surface area contributed by atoms with Crippen LogP contribution in [-0.4, -0.2) is 40.8 Å². The van der Waals surface area contributed by atoms with Crippen molar-refractivity contribution in [1.82, 2.24) is 4.31 Å². The zero-order chi connectivity index (χ0) is 17.2. The van der Waals surface area contributed by atoms with Crippen molar-refractivity contribution in [3.8, 4) is 0 Å². The highest BCUT2D eigenvalue weighted by atomic mass is 32.2. The van der Waals surface area contributed by atoms with E-state index in [1.54, 1.807) is 6.92 Å². The smallest absolute Gasteiger partial charge is 0.238 e. The maximum atomic E-state index is 12.7. The Hall–Kier alpha value is -0.560. The Morgan fingerprint density at radius 3 is 2.57 bits per heavy atom. The molecule has 3 fully saturated rings. The minimum atomic E-state index is -3.54. The van der Waals surface area contributed by atoms with Gasteiger partial charge in [-0.3, -0.25) is 9.59 Å². The number of sulfonamides is 1. The van der Waals surface area contributed by atoms with E-state index in [1.165, 1.54) is 11.2 Å². The molecule has 5 nitrogen and oxygen atoms in total. The molecular weight excluding hydrogens is 334 g/mol. The van der Waals surface area contributed by atoms with Crippen molar-refractivity contribution in [2.45, 2.75) is 64.7 Å². The van der Waals surface area contributed by atoms with Crippen LogP contribution in [0.5, 0.6) is 0 Å². The molecule has 1 saturated heterocycles. The molecule has 0 aromatic rings. The van der Waals surface area contributed by atoms with Crippen molar-refractivity contribution in [2.75, 3.05) is 5.75 Å². The summed E-state index contributed by atoms with van der Waals surface area (Å²) in [5.41, 5.74) is -0.303. The Bertz CT molecular complexity index is 657. The maximum absolute atomic E-state index is 12.7. The summed E-state index contributed by atoms with van der Waals surface area (Å²) in [7, 11) is -3.54. The molecule has 0 aromatic carbocycles. The predicted molar refractivity (Wildman–Crippen MR) is 90.3 cm³/mol. The average molecular weight is 360 g/mol. The molecule has 130 valence electrons. The first kappa shape index (κ1) is 17.3. The van der Waals surface area contributed by atoms with E-state index in [-0.39, 0.29) is 45.3 Å². The second-order valence-electron chi connectivity index (χ2n) is 7.93. The van der Waals surface area contributed by atoms with Gasteiger partial charge in [-0.1, -0.05) is 32.5 Å². The Labute approximate surface area is 142 Å². The number of hydrogen-bond acceptors (Lipinski definition) is 5. The fourth-order valence-electron chi connectivity index (χ4n) is 5.28. The lowest BCUT2D eigenvalue weighted by Crippen LogP contribution is -2.44. The van der Waals surface area contributed by atoms with Crippen molar-refractivity contribution in [2.24, 2.45) is 16.7 Å². The van der Waals surface area contributed by atoms with Crippen molar-refractivity contribution in [1.29, 1.82) is 0 Å². The fourth-order valence-corrected chi connectivity index (χ4v) is 8.63. The number of hydrogen-bond donors (Lipinski definition) is 0. The third kappa shape index (κ3) is 2.37. The van der Waals surface area contributed by atoms with Gasteiger partial charge < -0.3 is 0 Å². The molecule has 7 heteroatoms. The molecule has 0 radical (unpaired) electrons. The Morgan fingerprint density at radius 2 is 2.00 bits per heavy atom. The highest BCUT2D eigenvalue weighted by Gasteiger charge is 2.72. The van der Waals surface area contributed by atoms with Gasteiger partial charge in [0.1, 0.15) is 0 Å². The lowest BCUT2D eigenvalue weighted by atomic mass is 9.69. The van der Waals surface area contributed by atoms with Crippen LogP contribution in [0.3, 0.4) is 0 Å². The first-order chi connectivity index (χ1) is 10.5. The molecule has 4 atom stereocenters. The molecule has 3 aliphatic rings. The Balaban J connectivity index is 1.86. The first-order valence-electron chi connectivity index (χ1n) is 8.23. The van der Waals surface area contributed by atoms with Crippen LogP contribution in [0.25, 0.3) is 0 Å². The maximum Gasteiger partial charge on any atom is 0.238 e. The molecule has 1 aliphatic heterocycles. The van der Waals surface area contributed by atoms with E-state index in [4.69, 9.17) is 0 Å². The second kappa shape index (κ2) is 5.22. The van der Waals surface area contributed by atoms with Gasteiger partial charge >= 0.3 is 0 Å². The normalized spacial score (nSPS) is 37.7. The van der Waals surface area contributed by atoms with E-state index < -0.39 is 10.0 Å². The second-order valence-corrected chi connectivity index (χ2v) is 11.4. The van der Waals surface area contributed by atoms with Crippen LogP contribution in [0, 0.1) is 16.7 Å². The highest BCUT2D eigenvalue weighted by molar-refractivity contribution is 8.14. The van der Waals surface area contributed by atoms with Gasteiger partial charge in [-0.15, -0.1) is 0 Å². The van der Waals surface area contributed by atoms with E-state index in [9.17, 15) is 18.0 Å². The van der Waals surface area contributed by atoms with Gasteiger partial charge in [-0.25, -0.2) is 12.7 Å². The van der Waals surface area contributed by atoms with Crippen molar-refractivity contribution in [3.05, 3.63) is 0 Å². The van der Waals surface area contributed by atoms with E-state index in [2.05, 4.69) is 13.8 Å². The topological polar surface area (TPSA) is 71.5 Å². The number of thioether (sulfide) groups is 1.